The number of carbonyl (C=O) groups is 1. The van der Waals surface area contributed by atoms with Crippen molar-refractivity contribution in [1.82, 2.24) is 0 Å². The highest BCUT2D eigenvalue weighted by Crippen LogP contribution is 2.22. The summed E-state index contributed by atoms with van der Waals surface area (Å²) < 4.78 is 1.20. The molecule has 1 N–H and O–H groups in total. The molecule has 0 saturated carbocycles. The van der Waals surface area contributed by atoms with Crippen LogP contribution in [-0.4, -0.2) is 5.91 Å². The molecular formula is C16H15ClINO. The number of nitrogens with one attached hydrogen (secondary N) is 1. The molecule has 2 rings (SSSR count). The highest BCUT2D eigenvalue weighted by atomic mass is 127. The van der Waals surface area contributed by atoms with E-state index in [-0.39, 0.29) is 5.91 Å². The molecule has 1 amide bonds. The van der Waals surface area contributed by atoms with Crippen molar-refractivity contribution in [1.29, 1.82) is 0 Å². The van der Waals surface area contributed by atoms with E-state index in [4.69, 9.17) is 11.6 Å². The molecule has 0 spiro atoms. The van der Waals surface area contributed by atoms with Gasteiger partial charge in [0.1, 0.15) is 0 Å². The zero-order valence-electron chi connectivity index (χ0n) is 11.3. The minimum absolute atomic E-state index is 0.0176. The first-order valence-electron chi connectivity index (χ1n) is 6.27. The topological polar surface area (TPSA) is 29.1 Å². The smallest absolute Gasteiger partial charge is 0.228 e. The Morgan fingerprint density at radius 3 is 2.45 bits per heavy atom. The molecule has 0 fully saturated rings. The van der Waals surface area contributed by atoms with E-state index in [1.165, 1.54) is 3.57 Å². The maximum absolute atomic E-state index is 12.1. The van der Waals surface area contributed by atoms with E-state index in [0.29, 0.717) is 11.4 Å². The molecule has 0 aliphatic heterocycles. The highest BCUT2D eigenvalue weighted by molar-refractivity contribution is 14.1. The summed E-state index contributed by atoms with van der Waals surface area (Å²) in [7, 11) is 0. The quantitative estimate of drug-likeness (QED) is 0.742. The zero-order chi connectivity index (χ0) is 14.7. The average Bonchev–Trinajstić information content (AvgIpc) is 2.39. The predicted octanol–water partition coefficient (Wildman–Crippen LogP) is 4.74. The van der Waals surface area contributed by atoms with Crippen LogP contribution in [0.5, 0.6) is 0 Å². The minimum atomic E-state index is -0.0176. The number of hydrogen-bond donors (Lipinski definition) is 1. The third-order valence-electron chi connectivity index (χ3n) is 3.06. The fourth-order valence-corrected chi connectivity index (χ4v) is 2.65. The lowest BCUT2D eigenvalue weighted by Gasteiger charge is -2.11. The van der Waals surface area contributed by atoms with Crippen LogP contribution in [0.4, 0.5) is 5.69 Å². The Hall–Kier alpha value is -1.07. The second-order valence-corrected chi connectivity index (χ2v) is 6.37. The minimum Gasteiger partial charge on any atom is -0.326 e. The molecule has 2 aromatic rings. The number of rotatable bonds is 3. The molecule has 2 aromatic carbocycles. The van der Waals surface area contributed by atoms with Gasteiger partial charge in [0, 0.05) is 14.3 Å². The molecule has 0 bridgehead atoms. The number of halogens is 2. The Labute approximate surface area is 137 Å². The Balaban J connectivity index is 2.08. The van der Waals surface area contributed by atoms with Gasteiger partial charge in [-0.25, -0.2) is 0 Å². The summed E-state index contributed by atoms with van der Waals surface area (Å²) in [6, 6.07) is 11.4. The lowest BCUT2D eigenvalue weighted by Crippen LogP contribution is -2.15. The largest absolute Gasteiger partial charge is 0.326 e. The van der Waals surface area contributed by atoms with E-state index < -0.39 is 0 Å². The van der Waals surface area contributed by atoms with E-state index in [1.54, 1.807) is 12.1 Å². The molecule has 0 aromatic heterocycles. The van der Waals surface area contributed by atoms with Crippen molar-refractivity contribution in [2.45, 2.75) is 20.3 Å². The van der Waals surface area contributed by atoms with Crippen molar-refractivity contribution in [2.24, 2.45) is 0 Å². The van der Waals surface area contributed by atoms with Gasteiger partial charge < -0.3 is 5.32 Å². The highest BCUT2D eigenvalue weighted by Gasteiger charge is 2.08. The maximum atomic E-state index is 12.1. The van der Waals surface area contributed by atoms with Crippen molar-refractivity contribution < 1.29 is 4.79 Å². The average molecular weight is 400 g/mol. The molecule has 0 aliphatic rings. The SMILES string of the molecule is Cc1cc(NC(=O)Cc2ccc(Cl)cc2)c(C)cc1I. The molecule has 0 radical (unpaired) electrons. The van der Waals surface area contributed by atoms with Gasteiger partial charge in [-0.2, -0.15) is 0 Å². The van der Waals surface area contributed by atoms with Gasteiger partial charge in [-0.1, -0.05) is 23.7 Å². The van der Waals surface area contributed by atoms with Gasteiger partial charge >= 0.3 is 0 Å². The van der Waals surface area contributed by atoms with Gasteiger partial charge in [0.2, 0.25) is 5.91 Å². The molecule has 0 unspecified atom stereocenters. The lowest BCUT2D eigenvalue weighted by atomic mass is 10.1. The van der Waals surface area contributed by atoms with Gasteiger partial charge in [0.25, 0.3) is 0 Å². The van der Waals surface area contributed by atoms with E-state index in [0.717, 1.165) is 22.4 Å². The van der Waals surface area contributed by atoms with E-state index in [1.807, 2.05) is 32.0 Å². The number of anilines is 1. The summed E-state index contributed by atoms with van der Waals surface area (Å²) in [6.07, 6.45) is 0.349. The number of benzene rings is 2. The summed E-state index contributed by atoms with van der Waals surface area (Å²) >= 11 is 8.13. The first-order valence-corrected chi connectivity index (χ1v) is 7.72. The van der Waals surface area contributed by atoms with Crippen LogP contribution in [0, 0.1) is 17.4 Å². The number of hydrogen-bond acceptors (Lipinski definition) is 1. The Bertz CT molecular complexity index is 638. The predicted molar refractivity (Wildman–Crippen MR) is 92.4 cm³/mol. The monoisotopic (exact) mass is 399 g/mol. The summed E-state index contributed by atoms with van der Waals surface area (Å²) in [5.74, 6) is -0.0176. The molecule has 104 valence electrons. The van der Waals surface area contributed by atoms with Crippen molar-refractivity contribution in [3.63, 3.8) is 0 Å². The van der Waals surface area contributed by atoms with Gasteiger partial charge in [-0.15, -0.1) is 0 Å². The molecule has 20 heavy (non-hydrogen) atoms. The molecule has 2 nitrogen and oxygen atoms in total. The maximum Gasteiger partial charge on any atom is 0.228 e. The summed E-state index contributed by atoms with van der Waals surface area (Å²) in [5.41, 5.74) is 4.07. The molecule has 0 heterocycles. The standard InChI is InChI=1S/C16H15ClINO/c1-10-8-15(11(2)7-14(10)18)19-16(20)9-12-3-5-13(17)6-4-12/h3-8H,9H2,1-2H3,(H,19,20). The molecular weight excluding hydrogens is 385 g/mol. The fourth-order valence-electron chi connectivity index (χ4n) is 1.90. The Morgan fingerprint density at radius 2 is 1.80 bits per heavy atom. The van der Waals surface area contributed by atoms with Gasteiger partial charge in [-0.05, 0) is 77.4 Å². The van der Waals surface area contributed by atoms with Gasteiger partial charge in [-0.3, -0.25) is 4.79 Å². The first kappa shape index (κ1) is 15.3. The second-order valence-electron chi connectivity index (χ2n) is 4.77. The van der Waals surface area contributed by atoms with Gasteiger partial charge in [0.05, 0.1) is 6.42 Å². The Kier molecular flexibility index (Phi) is 5.05. The van der Waals surface area contributed by atoms with E-state index >= 15 is 0 Å². The normalized spacial score (nSPS) is 10.4. The van der Waals surface area contributed by atoms with Crippen LogP contribution in [0.2, 0.25) is 5.02 Å². The van der Waals surface area contributed by atoms with E-state index in [2.05, 4.69) is 34.0 Å². The summed E-state index contributed by atoms with van der Waals surface area (Å²) in [4.78, 5) is 12.1. The van der Waals surface area contributed by atoms with Crippen LogP contribution in [0.15, 0.2) is 36.4 Å². The lowest BCUT2D eigenvalue weighted by molar-refractivity contribution is -0.115. The van der Waals surface area contributed by atoms with E-state index in [9.17, 15) is 4.79 Å². The zero-order valence-corrected chi connectivity index (χ0v) is 14.2. The molecule has 0 aliphatic carbocycles. The van der Waals surface area contributed by atoms with Crippen LogP contribution in [0.3, 0.4) is 0 Å². The third kappa shape index (κ3) is 3.96. The Morgan fingerprint density at radius 1 is 1.15 bits per heavy atom. The van der Waals surface area contributed by atoms with Crippen molar-refractivity contribution >= 4 is 45.8 Å². The number of aryl methyl sites for hydroxylation is 2. The van der Waals surface area contributed by atoms with Gasteiger partial charge in [0.15, 0.2) is 0 Å². The summed E-state index contributed by atoms with van der Waals surface area (Å²) in [5, 5.41) is 3.65. The van der Waals surface area contributed by atoms with Crippen molar-refractivity contribution in [2.75, 3.05) is 5.32 Å². The van der Waals surface area contributed by atoms with Crippen LogP contribution >= 0.6 is 34.2 Å². The number of amides is 1. The van der Waals surface area contributed by atoms with Crippen molar-refractivity contribution in [3.05, 3.63) is 61.7 Å². The van der Waals surface area contributed by atoms with Crippen LogP contribution in [-0.2, 0) is 11.2 Å². The second kappa shape index (κ2) is 6.59. The number of carbonyl (C=O) groups excluding carboxylic acids is 1. The summed E-state index contributed by atoms with van der Waals surface area (Å²) in [6.45, 7) is 4.04. The fraction of sp³-hybridized carbons (Fsp3) is 0.188. The van der Waals surface area contributed by atoms with Crippen LogP contribution < -0.4 is 5.32 Å². The third-order valence-corrected chi connectivity index (χ3v) is 4.47. The van der Waals surface area contributed by atoms with Crippen molar-refractivity contribution in [3.8, 4) is 0 Å². The molecule has 4 heteroatoms. The van der Waals surface area contributed by atoms with Crippen LogP contribution in [0.25, 0.3) is 0 Å². The molecule has 0 saturated heterocycles. The van der Waals surface area contributed by atoms with Crippen LogP contribution in [0.1, 0.15) is 16.7 Å². The first-order chi connectivity index (χ1) is 9.45. The molecule has 0 atom stereocenters.